The molecule has 12 nitrogen and oxygen atoms in total. The number of carboxylic acid groups (broad SMARTS) is 1. The number of anilines is 1. The van der Waals surface area contributed by atoms with Crippen LogP contribution in [-0.2, 0) is 28.8 Å². The van der Waals surface area contributed by atoms with Crippen LogP contribution in [0.15, 0.2) is 21.5 Å². The van der Waals surface area contributed by atoms with Crippen LogP contribution in [0.3, 0.4) is 0 Å². The molecule has 152 valence electrons. The van der Waals surface area contributed by atoms with Gasteiger partial charge in [0.25, 0.3) is 5.91 Å². The Morgan fingerprint density at radius 2 is 2.17 bits per heavy atom. The molecule has 3 atom stereocenters. The second kappa shape index (κ2) is 8.40. The first-order valence-corrected chi connectivity index (χ1v) is 9.69. The molecule has 0 aliphatic carbocycles. The fourth-order valence-electron chi connectivity index (χ4n) is 2.77. The molecule has 1 aromatic heterocycles. The minimum atomic E-state index is -1.40. The molecule has 3 rings (SSSR count). The Balaban J connectivity index is 1.78. The minimum Gasteiger partial charge on any atom is -0.479 e. The molecule has 3 heterocycles. The Morgan fingerprint density at radius 3 is 2.79 bits per heavy atom. The summed E-state index contributed by atoms with van der Waals surface area (Å²) in [6.45, 7) is 0. The number of carbonyl (C=O) groups is 5. The van der Waals surface area contributed by atoms with E-state index in [9.17, 15) is 29.1 Å². The van der Waals surface area contributed by atoms with E-state index < -0.39 is 35.2 Å². The summed E-state index contributed by atoms with van der Waals surface area (Å²) in [4.78, 5) is 67.9. The molecular weight excluding hydrogens is 426 g/mol. The maximum atomic E-state index is 12.6. The molecule has 0 saturated carbocycles. The van der Waals surface area contributed by atoms with Gasteiger partial charge < -0.3 is 25.5 Å². The highest BCUT2D eigenvalue weighted by Crippen LogP contribution is 2.39. The maximum Gasteiger partial charge on any atom is 0.331 e. The lowest BCUT2D eigenvalue weighted by Gasteiger charge is -2.50. The van der Waals surface area contributed by atoms with Gasteiger partial charge in [-0.15, -0.1) is 23.1 Å². The summed E-state index contributed by atoms with van der Waals surface area (Å²) in [5, 5.41) is 20.2. The third kappa shape index (κ3) is 3.71. The van der Waals surface area contributed by atoms with Crippen molar-refractivity contribution < 1.29 is 33.9 Å². The van der Waals surface area contributed by atoms with Crippen molar-refractivity contribution in [1.29, 1.82) is 0 Å². The number of nitrogens with one attached hydrogen (secondary N) is 2. The van der Waals surface area contributed by atoms with E-state index in [0.717, 1.165) is 28.0 Å². The van der Waals surface area contributed by atoms with Gasteiger partial charge >= 0.3 is 5.97 Å². The summed E-state index contributed by atoms with van der Waals surface area (Å²) in [6, 6.07) is -2.42. The Hall–Kier alpha value is -3.26. The molecule has 0 radical (unpaired) electrons. The highest BCUT2D eigenvalue weighted by Gasteiger charge is 2.56. The van der Waals surface area contributed by atoms with Crippen molar-refractivity contribution in [3.05, 3.63) is 22.1 Å². The van der Waals surface area contributed by atoms with E-state index in [1.54, 1.807) is 0 Å². The predicted molar refractivity (Wildman–Crippen MR) is 101 cm³/mol. The SMILES string of the molecule is CON=C(C(=O)NC1C(=O)N2C(C(=O)O)C(C=O)=CS[C@@H]12)c1csc(NC=O)n1. The Bertz CT molecular complexity index is 943. The number of aliphatic carboxylic acids is 1. The van der Waals surface area contributed by atoms with Crippen LogP contribution in [0.4, 0.5) is 5.13 Å². The number of fused-ring (bicyclic) bond motifs is 1. The van der Waals surface area contributed by atoms with Gasteiger partial charge in [0.15, 0.2) is 16.9 Å². The number of amides is 3. The molecule has 2 unspecified atom stereocenters. The van der Waals surface area contributed by atoms with E-state index >= 15 is 0 Å². The molecule has 3 N–H and O–H groups in total. The number of hydrogen-bond acceptors (Lipinski definition) is 10. The molecule has 0 aromatic carbocycles. The highest BCUT2D eigenvalue weighted by molar-refractivity contribution is 8.03. The number of thioether (sulfide) groups is 1. The number of carboxylic acids is 1. The predicted octanol–water partition coefficient (Wildman–Crippen LogP) is -1.00. The molecule has 14 heteroatoms. The number of carbonyl (C=O) groups excluding carboxylic acids is 4. The summed E-state index contributed by atoms with van der Waals surface area (Å²) < 4.78 is 0. The lowest BCUT2D eigenvalue weighted by Crippen LogP contribution is -2.74. The van der Waals surface area contributed by atoms with Gasteiger partial charge in [-0.2, -0.15) is 0 Å². The van der Waals surface area contributed by atoms with Crippen molar-refractivity contribution in [3.8, 4) is 0 Å². The minimum absolute atomic E-state index is 0.0452. The third-order valence-corrected chi connectivity index (χ3v) is 5.96. The van der Waals surface area contributed by atoms with Crippen molar-refractivity contribution in [2.24, 2.45) is 5.16 Å². The molecular formula is C15H13N5O7S2. The molecule has 0 spiro atoms. The van der Waals surface area contributed by atoms with Crippen molar-refractivity contribution in [1.82, 2.24) is 15.2 Å². The molecule has 3 amide bonds. The largest absolute Gasteiger partial charge is 0.479 e. The summed E-state index contributed by atoms with van der Waals surface area (Å²) >= 11 is 2.11. The van der Waals surface area contributed by atoms with Crippen LogP contribution in [0.5, 0.6) is 0 Å². The smallest absolute Gasteiger partial charge is 0.331 e. The van der Waals surface area contributed by atoms with Gasteiger partial charge in [-0.3, -0.25) is 19.2 Å². The second-order valence-electron chi connectivity index (χ2n) is 5.62. The first-order chi connectivity index (χ1) is 13.9. The summed E-state index contributed by atoms with van der Waals surface area (Å²) in [6.07, 6.45) is 0.815. The lowest BCUT2D eigenvalue weighted by atomic mass is 9.98. The number of aromatic nitrogens is 1. The van der Waals surface area contributed by atoms with Crippen LogP contribution in [0.2, 0.25) is 0 Å². The van der Waals surface area contributed by atoms with E-state index in [1.807, 2.05) is 0 Å². The zero-order chi connectivity index (χ0) is 21.1. The molecule has 1 saturated heterocycles. The van der Waals surface area contributed by atoms with Crippen LogP contribution in [0.1, 0.15) is 5.69 Å². The zero-order valence-corrected chi connectivity index (χ0v) is 16.2. The molecule has 2 aliphatic heterocycles. The van der Waals surface area contributed by atoms with Gasteiger partial charge in [0.2, 0.25) is 12.3 Å². The third-order valence-electron chi connectivity index (χ3n) is 4.00. The zero-order valence-electron chi connectivity index (χ0n) is 14.6. The van der Waals surface area contributed by atoms with Crippen molar-refractivity contribution in [3.63, 3.8) is 0 Å². The van der Waals surface area contributed by atoms with Gasteiger partial charge in [-0.25, -0.2) is 9.78 Å². The summed E-state index contributed by atoms with van der Waals surface area (Å²) in [5.74, 6) is -2.76. The molecule has 1 fully saturated rings. The highest BCUT2D eigenvalue weighted by atomic mass is 32.2. The molecule has 1 aromatic rings. The Kier molecular flexibility index (Phi) is 5.93. The van der Waals surface area contributed by atoms with Crippen LogP contribution < -0.4 is 10.6 Å². The average Bonchev–Trinajstić information content (AvgIpc) is 3.17. The van der Waals surface area contributed by atoms with E-state index in [1.165, 1.54) is 17.9 Å². The average molecular weight is 439 g/mol. The van der Waals surface area contributed by atoms with Gasteiger partial charge in [-0.05, 0) is 5.41 Å². The maximum absolute atomic E-state index is 12.6. The number of thiazole rings is 1. The van der Waals surface area contributed by atoms with E-state index in [4.69, 9.17) is 0 Å². The fourth-order valence-corrected chi connectivity index (χ4v) is 4.60. The number of hydrogen-bond donors (Lipinski definition) is 3. The van der Waals surface area contributed by atoms with E-state index in [0.29, 0.717) is 12.7 Å². The molecule has 2 aliphatic rings. The van der Waals surface area contributed by atoms with E-state index in [2.05, 4.69) is 25.6 Å². The van der Waals surface area contributed by atoms with Crippen LogP contribution in [-0.4, -0.2) is 75.7 Å². The van der Waals surface area contributed by atoms with Gasteiger partial charge in [0.05, 0.1) is 0 Å². The quantitative estimate of drug-likeness (QED) is 0.199. The number of oxime groups is 1. The number of β-lactam (4-membered cyclic amide) rings is 1. The van der Waals surface area contributed by atoms with Gasteiger partial charge in [0.1, 0.15) is 30.5 Å². The lowest BCUT2D eigenvalue weighted by molar-refractivity contribution is -0.160. The first-order valence-electron chi connectivity index (χ1n) is 7.86. The van der Waals surface area contributed by atoms with Crippen LogP contribution in [0, 0.1) is 0 Å². The van der Waals surface area contributed by atoms with Crippen LogP contribution >= 0.6 is 23.1 Å². The topological polar surface area (TPSA) is 167 Å². The first kappa shape index (κ1) is 20.5. The van der Waals surface area contributed by atoms with Crippen LogP contribution in [0.25, 0.3) is 0 Å². The van der Waals surface area contributed by atoms with Gasteiger partial charge in [-0.1, -0.05) is 5.16 Å². The Morgan fingerprint density at radius 1 is 1.41 bits per heavy atom. The molecule has 29 heavy (non-hydrogen) atoms. The Labute approximate surface area is 171 Å². The number of rotatable bonds is 8. The normalized spacial score (nSPS) is 23.3. The summed E-state index contributed by atoms with van der Waals surface area (Å²) in [7, 11) is 1.22. The summed E-state index contributed by atoms with van der Waals surface area (Å²) in [5.41, 5.74) is -0.157. The van der Waals surface area contributed by atoms with Crippen molar-refractivity contribution in [2.75, 3.05) is 12.4 Å². The monoisotopic (exact) mass is 439 g/mol. The number of nitrogens with zero attached hydrogens (tertiary/aromatic N) is 3. The second-order valence-corrected chi connectivity index (χ2v) is 7.47. The van der Waals surface area contributed by atoms with Crippen molar-refractivity contribution >= 4 is 64.4 Å². The van der Waals surface area contributed by atoms with E-state index in [-0.39, 0.29) is 22.1 Å². The fraction of sp³-hybridized carbons (Fsp3) is 0.267. The van der Waals surface area contributed by atoms with Crippen molar-refractivity contribution in [2.45, 2.75) is 17.5 Å². The standard InChI is InChI=1S/C15H13N5O7S2/c1-27-19-8(7-4-29-15(17-7)16-5-22)11(23)18-9-12(24)20-10(14(25)26)6(2-21)3-28-13(9)20/h2-5,9-10,13H,1H3,(H,18,23)(H,25,26)(H,16,17,22)/t9?,10?,13-/m0/s1. The number of aldehydes is 1. The van der Waals surface area contributed by atoms with Gasteiger partial charge in [0, 0.05) is 11.0 Å². The molecule has 0 bridgehead atoms.